The number of carbonyl (C=O) groups excluding carboxylic acids is 2. The first-order valence-electron chi connectivity index (χ1n) is 6.76. The second-order valence-electron chi connectivity index (χ2n) is 5.14. The SMILES string of the molecule is COc1ccc(C2=C(OC(=O)C(C)C)CCC2=O)c(Cl)c1. The number of Topliss-reactive ketones (excluding diaryl/α,β-unsaturated/α-hetero) is 1. The molecular formula is C16H17ClO4. The lowest BCUT2D eigenvalue weighted by Crippen LogP contribution is -2.11. The molecule has 5 heteroatoms. The maximum atomic E-state index is 12.1. The van der Waals surface area contributed by atoms with E-state index in [0.29, 0.717) is 40.5 Å². The predicted octanol–water partition coefficient (Wildman–Crippen LogP) is 3.62. The molecule has 0 atom stereocenters. The van der Waals surface area contributed by atoms with Gasteiger partial charge in [-0.1, -0.05) is 25.4 Å². The maximum absolute atomic E-state index is 12.1. The Kier molecular flexibility index (Phi) is 4.68. The minimum atomic E-state index is -0.346. The molecule has 0 aromatic heterocycles. The first-order valence-corrected chi connectivity index (χ1v) is 7.13. The summed E-state index contributed by atoms with van der Waals surface area (Å²) in [7, 11) is 1.54. The molecule has 0 unspecified atom stereocenters. The first kappa shape index (κ1) is 15.6. The van der Waals surface area contributed by atoms with Gasteiger partial charge in [-0.2, -0.15) is 0 Å². The first-order chi connectivity index (χ1) is 9.93. The molecule has 21 heavy (non-hydrogen) atoms. The molecule has 1 aromatic carbocycles. The summed E-state index contributed by atoms with van der Waals surface area (Å²) in [6.45, 7) is 3.50. The van der Waals surface area contributed by atoms with Crippen LogP contribution in [0.2, 0.25) is 5.02 Å². The van der Waals surface area contributed by atoms with E-state index >= 15 is 0 Å². The van der Waals surface area contributed by atoms with Gasteiger partial charge < -0.3 is 9.47 Å². The van der Waals surface area contributed by atoms with E-state index in [1.807, 2.05) is 0 Å². The van der Waals surface area contributed by atoms with E-state index in [4.69, 9.17) is 21.1 Å². The van der Waals surface area contributed by atoms with E-state index in [2.05, 4.69) is 0 Å². The van der Waals surface area contributed by atoms with Crippen molar-refractivity contribution in [3.05, 3.63) is 34.5 Å². The maximum Gasteiger partial charge on any atom is 0.313 e. The number of allylic oxidation sites excluding steroid dienone is 2. The number of carbonyl (C=O) groups is 2. The van der Waals surface area contributed by atoms with E-state index in [1.54, 1.807) is 39.2 Å². The Hall–Kier alpha value is -1.81. The van der Waals surface area contributed by atoms with Crippen molar-refractivity contribution >= 4 is 28.9 Å². The van der Waals surface area contributed by atoms with Crippen LogP contribution in [0, 0.1) is 5.92 Å². The van der Waals surface area contributed by atoms with Crippen LogP contribution in [0.25, 0.3) is 5.57 Å². The second-order valence-corrected chi connectivity index (χ2v) is 5.55. The van der Waals surface area contributed by atoms with Crippen molar-refractivity contribution in [1.29, 1.82) is 0 Å². The van der Waals surface area contributed by atoms with Crippen LogP contribution in [0.1, 0.15) is 32.3 Å². The number of hydrogen-bond acceptors (Lipinski definition) is 4. The van der Waals surface area contributed by atoms with Gasteiger partial charge in [-0.05, 0) is 18.2 Å². The summed E-state index contributed by atoms with van der Waals surface area (Å²) in [5.74, 6) is 0.359. The largest absolute Gasteiger partial charge is 0.497 e. The molecule has 1 aromatic rings. The van der Waals surface area contributed by atoms with E-state index in [0.717, 1.165) is 0 Å². The highest BCUT2D eigenvalue weighted by Crippen LogP contribution is 2.37. The Morgan fingerprint density at radius 1 is 1.29 bits per heavy atom. The fraction of sp³-hybridized carbons (Fsp3) is 0.375. The standard InChI is InChI=1S/C16H17ClO4/c1-9(2)16(19)21-14-7-6-13(18)15(14)11-5-4-10(20-3)8-12(11)17/h4-5,8-9H,6-7H2,1-3H3. The summed E-state index contributed by atoms with van der Waals surface area (Å²) in [5, 5.41) is 0.401. The number of esters is 1. The third-order valence-corrected chi connectivity index (χ3v) is 3.59. The number of benzene rings is 1. The minimum Gasteiger partial charge on any atom is -0.497 e. The van der Waals surface area contributed by atoms with E-state index in [9.17, 15) is 9.59 Å². The molecule has 0 spiro atoms. The molecule has 0 bridgehead atoms. The smallest absolute Gasteiger partial charge is 0.313 e. The van der Waals surface area contributed by atoms with Gasteiger partial charge in [-0.15, -0.1) is 0 Å². The highest BCUT2D eigenvalue weighted by atomic mass is 35.5. The molecule has 0 aliphatic heterocycles. The molecule has 0 saturated carbocycles. The zero-order chi connectivity index (χ0) is 15.6. The third kappa shape index (κ3) is 3.27. The fourth-order valence-corrected chi connectivity index (χ4v) is 2.36. The number of methoxy groups -OCH3 is 1. The second kappa shape index (κ2) is 6.31. The molecule has 4 nitrogen and oxygen atoms in total. The highest BCUT2D eigenvalue weighted by Gasteiger charge is 2.29. The van der Waals surface area contributed by atoms with Crippen molar-refractivity contribution in [2.75, 3.05) is 7.11 Å². The minimum absolute atomic E-state index is 0.0615. The Morgan fingerprint density at radius 3 is 2.57 bits per heavy atom. The van der Waals surface area contributed by atoms with Crippen LogP contribution < -0.4 is 4.74 Å². The fourth-order valence-electron chi connectivity index (χ4n) is 2.10. The van der Waals surface area contributed by atoms with Gasteiger partial charge in [-0.25, -0.2) is 0 Å². The summed E-state index contributed by atoms with van der Waals surface area (Å²) < 4.78 is 10.4. The monoisotopic (exact) mass is 308 g/mol. The molecule has 0 radical (unpaired) electrons. The van der Waals surface area contributed by atoms with Gasteiger partial charge in [0.15, 0.2) is 5.78 Å². The molecule has 0 N–H and O–H groups in total. The molecule has 0 saturated heterocycles. The number of hydrogen-bond donors (Lipinski definition) is 0. The molecule has 1 aliphatic rings. The van der Waals surface area contributed by atoms with Gasteiger partial charge in [0, 0.05) is 18.4 Å². The number of ketones is 1. The lowest BCUT2D eigenvalue weighted by atomic mass is 10.0. The summed E-state index contributed by atoms with van der Waals surface area (Å²) in [6.07, 6.45) is 0.757. The van der Waals surface area contributed by atoms with E-state index in [-0.39, 0.29) is 17.7 Å². The molecular weight excluding hydrogens is 292 g/mol. The predicted molar refractivity (Wildman–Crippen MR) is 80.1 cm³/mol. The lowest BCUT2D eigenvalue weighted by Gasteiger charge is -2.11. The molecule has 0 fully saturated rings. The van der Waals surface area contributed by atoms with Gasteiger partial charge in [-0.3, -0.25) is 9.59 Å². The average Bonchev–Trinajstić information content (AvgIpc) is 2.79. The summed E-state index contributed by atoms with van der Waals surface area (Å²) in [4.78, 5) is 23.9. The highest BCUT2D eigenvalue weighted by molar-refractivity contribution is 6.35. The zero-order valence-electron chi connectivity index (χ0n) is 12.2. The van der Waals surface area contributed by atoms with Gasteiger partial charge in [0.2, 0.25) is 0 Å². The quantitative estimate of drug-likeness (QED) is 0.797. The molecule has 112 valence electrons. The van der Waals surface area contributed by atoms with Crippen LogP contribution in [-0.4, -0.2) is 18.9 Å². The Bertz CT molecular complexity index is 617. The van der Waals surface area contributed by atoms with Crippen LogP contribution in [0.5, 0.6) is 5.75 Å². The summed E-state index contributed by atoms with van der Waals surface area (Å²) in [6, 6.07) is 5.07. The van der Waals surface area contributed by atoms with Gasteiger partial charge in [0.1, 0.15) is 11.5 Å². The van der Waals surface area contributed by atoms with Crippen LogP contribution >= 0.6 is 11.6 Å². The molecule has 1 aliphatic carbocycles. The van der Waals surface area contributed by atoms with Gasteiger partial charge in [0.25, 0.3) is 0 Å². The van der Waals surface area contributed by atoms with Crippen molar-refractivity contribution in [2.45, 2.75) is 26.7 Å². The van der Waals surface area contributed by atoms with Crippen LogP contribution in [0.15, 0.2) is 24.0 Å². The van der Waals surface area contributed by atoms with Crippen molar-refractivity contribution in [1.82, 2.24) is 0 Å². The van der Waals surface area contributed by atoms with Crippen LogP contribution in [0.4, 0.5) is 0 Å². The van der Waals surface area contributed by atoms with Gasteiger partial charge in [0.05, 0.1) is 23.6 Å². The topological polar surface area (TPSA) is 52.6 Å². The number of ether oxygens (including phenoxy) is 2. The van der Waals surface area contributed by atoms with Crippen molar-refractivity contribution < 1.29 is 19.1 Å². The van der Waals surface area contributed by atoms with Crippen molar-refractivity contribution in [2.24, 2.45) is 5.92 Å². The Morgan fingerprint density at radius 2 is 2.00 bits per heavy atom. The zero-order valence-corrected chi connectivity index (χ0v) is 13.0. The van der Waals surface area contributed by atoms with Crippen LogP contribution in [0.3, 0.4) is 0 Å². The molecule has 2 rings (SSSR count). The van der Waals surface area contributed by atoms with E-state index in [1.165, 1.54) is 0 Å². The number of rotatable bonds is 4. The van der Waals surface area contributed by atoms with Crippen molar-refractivity contribution in [3.8, 4) is 5.75 Å². The summed E-state index contributed by atoms with van der Waals surface area (Å²) in [5.41, 5.74) is 0.975. The van der Waals surface area contributed by atoms with Gasteiger partial charge >= 0.3 is 5.97 Å². The van der Waals surface area contributed by atoms with E-state index < -0.39 is 0 Å². The normalized spacial score (nSPS) is 14.8. The summed E-state index contributed by atoms with van der Waals surface area (Å²) >= 11 is 6.21. The average molecular weight is 309 g/mol. The van der Waals surface area contributed by atoms with Crippen LogP contribution in [-0.2, 0) is 14.3 Å². The number of halogens is 1. The lowest BCUT2D eigenvalue weighted by molar-refractivity contribution is -0.143. The Labute approximate surface area is 128 Å². The van der Waals surface area contributed by atoms with Crippen molar-refractivity contribution in [3.63, 3.8) is 0 Å². The Balaban J connectivity index is 2.42. The molecule has 0 heterocycles. The third-order valence-electron chi connectivity index (χ3n) is 3.28. The molecule has 0 amide bonds.